The largest absolute Gasteiger partial charge is 0.444 e. The molecular formula is C21H32F3N3O2. The van der Waals surface area contributed by atoms with Gasteiger partial charge in [-0.3, -0.25) is 4.90 Å². The van der Waals surface area contributed by atoms with Crippen LogP contribution in [0.1, 0.15) is 40.0 Å². The number of halogens is 3. The number of amides is 1. The van der Waals surface area contributed by atoms with Crippen molar-refractivity contribution >= 4 is 6.09 Å². The van der Waals surface area contributed by atoms with E-state index in [4.69, 9.17) is 4.74 Å². The van der Waals surface area contributed by atoms with Gasteiger partial charge >= 0.3 is 12.3 Å². The Morgan fingerprint density at radius 1 is 1.07 bits per heavy atom. The maximum absolute atomic E-state index is 13.2. The quantitative estimate of drug-likeness (QED) is 0.697. The highest BCUT2D eigenvalue weighted by Gasteiger charge is 2.37. The van der Waals surface area contributed by atoms with Gasteiger partial charge in [-0.05, 0) is 46.1 Å². The molecule has 0 N–H and O–H groups in total. The molecule has 2 heterocycles. The first-order chi connectivity index (χ1) is 13.5. The zero-order valence-electron chi connectivity index (χ0n) is 17.6. The summed E-state index contributed by atoms with van der Waals surface area (Å²) in [7, 11) is 0. The second-order valence-electron chi connectivity index (χ2n) is 9.12. The number of rotatable bonds is 3. The van der Waals surface area contributed by atoms with E-state index in [2.05, 4.69) is 9.80 Å². The number of nitrogens with zero attached hydrogens (tertiary/aromatic N) is 3. The average Bonchev–Trinajstić information content (AvgIpc) is 3.14. The van der Waals surface area contributed by atoms with Gasteiger partial charge in [-0.25, -0.2) is 4.79 Å². The van der Waals surface area contributed by atoms with Crippen molar-refractivity contribution in [3.8, 4) is 0 Å². The molecule has 0 aromatic carbocycles. The lowest BCUT2D eigenvalue weighted by molar-refractivity contribution is -0.0890. The number of ether oxygens (including phenoxy) is 1. The molecule has 5 nitrogen and oxygen atoms in total. The van der Waals surface area contributed by atoms with Crippen LogP contribution in [0.2, 0.25) is 0 Å². The molecule has 1 aliphatic carbocycles. The van der Waals surface area contributed by atoms with Crippen LogP contribution >= 0.6 is 0 Å². The van der Waals surface area contributed by atoms with Crippen LogP contribution in [0.25, 0.3) is 0 Å². The zero-order chi connectivity index (χ0) is 21.2. The molecule has 8 heteroatoms. The summed E-state index contributed by atoms with van der Waals surface area (Å²) in [6.07, 6.45) is 0.564. The third kappa shape index (κ3) is 5.90. The Morgan fingerprint density at radius 3 is 2.24 bits per heavy atom. The van der Waals surface area contributed by atoms with Gasteiger partial charge in [-0.2, -0.15) is 13.2 Å². The minimum absolute atomic E-state index is 0.0623. The lowest BCUT2D eigenvalue weighted by Gasteiger charge is -2.39. The van der Waals surface area contributed by atoms with Crippen LogP contribution in [-0.2, 0) is 4.74 Å². The van der Waals surface area contributed by atoms with E-state index in [9.17, 15) is 18.0 Å². The second-order valence-corrected chi connectivity index (χ2v) is 9.12. The van der Waals surface area contributed by atoms with E-state index in [0.717, 1.165) is 31.6 Å². The van der Waals surface area contributed by atoms with E-state index in [1.807, 2.05) is 20.8 Å². The van der Waals surface area contributed by atoms with Crippen LogP contribution in [-0.4, -0.2) is 78.4 Å². The number of likely N-dealkylation sites (tertiary alicyclic amines) is 1. The van der Waals surface area contributed by atoms with Gasteiger partial charge in [0, 0.05) is 57.4 Å². The van der Waals surface area contributed by atoms with Gasteiger partial charge in [-0.1, -0.05) is 6.08 Å². The average molecular weight is 416 g/mol. The maximum atomic E-state index is 13.2. The number of carbonyl (C=O) groups is 1. The fraction of sp³-hybridized carbons (Fsp3) is 0.762. The highest BCUT2D eigenvalue weighted by Crippen LogP contribution is 2.36. The lowest BCUT2D eigenvalue weighted by Crippen LogP contribution is -2.51. The molecule has 0 aromatic heterocycles. The Hall–Kier alpha value is -1.70. The monoisotopic (exact) mass is 415 g/mol. The smallest absolute Gasteiger partial charge is 0.416 e. The predicted molar refractivity (Wildman–Crippen MR) is 105 cm³/mol. The first-order valence-corrected chi connectivity index (χ1v) is 10.5. The van der Waals surface area contributed by atoms with Crippen LogP contribution in [0, 0.1) is 5.92 Å². The van der Waals surface area contributed by atoms with E-state index in [0.29, 0.717) is 39.1 Å². The zero-order valence-corrected chi connectivity index (χ0v) is 17.6. The first kappa shape index (κ1) is 22.0. The van der Waals surface area contributed by atoms with E-state index in [1.165, 1.54) is 12.2 Å². The van der Waals surface area contributed by atoms with Crippen LogP contribution in [0.15, 0.2) is 23.4 Å². The molecule has 0 saturated carbocycles. The third-order valence-corrected chi connectivity index (χ3v) is 5.65. The normalized spacial score (nSPS) is 24.4. The van der Waals surface area contributed by atoms with Crippen LogP contribution in [0.3, 0.4) is 0 Å². The molecule has 1 atom stereocenters. The van der Waals surface area contributed by atoms with Gasteiger partial charge in [0.25, 0.3) is 0 Å². The molecule has 3 rings (SSSR count). The lowest BCUT2D eigenvalue weighted by atomic mass is 9.91. The van der Waals surface area contributed by atoms with Gasteiger partial charge in [0.1, 0.15) is 5.60 Å². The highest BCUT2D eigenvalue weighted by molar-refractivity contribution is 5.68. The molecule has 0 aromatic rings. The summed E-state index contributed by atoms with van der Waals surface area (Å²) in [5.41, 5.74) is -0.217. The molecule has 2 aliphatic heterocycles. The molecule has 0 spiro atoms. The third-order valence-electron chi connectivity index (χ3n) is 5.65. The highest BCUT2D eigenvalue weighted by atomic mass is 19.4. The fourth-order valence-corrected chi connectivity index (χ4v) is 4.17. The first-order valence-electron chi connectivity index (χ1n) is 10.5. The van der Waals surface area contributed by atoms with Crippen molar-refractivity contribution in [1.82, 2.24) is 14.7 Å². The minimum atomic E-state index is -4.30. The summed E-state index contributed by atoms with van der Waals surface area (Å²) in [4.78, 5) is 18.3. The van der Waals surface area contributed by atoms with E-state index < -0.39 is 17.4 Å². The number of hydrogen-bond donors (Lipinski definition) is 0. The number of carbonyl (C=O) groups excluding carboxylic acids is 1. The number of alkyl halides is 3. The van der Waals surface area contributed by atoms with Crippen LogP contribution < -0.4 is 0 Å². The molecule has 0 radical (unpaired) electrons. The fourth-order valence-electron chi connectivity index (χ4n) is 4.17. The molecule has 2 saturated heterocycles. The minimum Gasteiger partial charge on any atom is -0.444 e. The molecule has 2 fully saturated rings. The Labute approximate surface area is 171 Å². The molecular weight excluding hydrogens is 383 g/mol. The topological polar surface area (TPSA) is 36.0 Å². The molecule has 29 heavy (non-hydrogen) atoms. The SMILES string of the molecule is CC(C)(C)OC(=O)N1CCN(CC2CC=C(C(F)(F)F)C=C2N2CCCC2)CC1. The van der Waals surface area contributed by atoms with Crippen LogP contribution in [0.5, 0.6) is 0 Å². The van der Waals surface area contributed by atoms with Crippen molar-refractivity contribution < 1.29 is 22.7 Å². The van der Waals surface area contributed by atoms with Gasteiger partial charge < -0.3 is 14.5 Å². The summed E-state index contributed by atoms with van der Waals surface area (Å²) < 4.78 is 45.1. The van der Waals surface area contributed by atoms with Crippen LogP contribution in [0.4, 0.5) is 18.0 Å². The molecule has 3 aliphatic rings. The van der Waals surface area contributed by atoms with Gasteiger partial charge in [0.15, 0.2) is 0 Å². The summed E-state index contributed by atoms with van der Waals surface area (Å²) in [5, 5.41) is 0. The van der Waals surface area contributed by atoms with Crippen molar-refractivity contribution in [2.24, 2.45) is 5.92 Å². The molecule has 1 amide bonds. The molecule has 1 unspecified atom stereocenters. The number of allylic oxidation sites excluding steroid dienone is 3. The van der Waals surface area contributed by atoms with Crippen molar-refractivity contribution in [3.05, 3.63) is 23.4 Å². The Kier molecular flexibility index (Phi) is 6.51. The Bertz CT molecular complexity index is 653. The Balaban J connectivity index is 1.59. The van der Waals surface area contributed by atoms with Crippen molar-refractivity contribution in [3.63, 3.8) is 0 Å². The van der Waals surface area contributed by atoms with Crippen molar-refractivity contribution in [2.75, 3.05) is 45.8 Å². The summed E-state index contributed by atoms with van der Waals surface area (Å²) in [6.45, 7) is 10.5. The van der Waals surface area contributed by atoms with E-state index in [1.54, 1.807) is 4.90 Å². The van der Waals surface area contributed by atoms with E-state index >= 15 is 0 Å². The molecule has 164 valence electrons. The van der Waals surface area contributed by atoms with Gasteiger partial charge in [0.05, 0.1) is 5.57 Å². The number of hydrogen-bond acceptors (Lipinski definition) is 4. The second kappa shape index (κ2) is 8.58. The van der Waals surface area contributed by atoms with E-state index in [-0.39, 0.29) is 12.0 Å². The summed E-state index contributed by atoms with van der Waals surface area (Å²) in [5.74, 6) is 0.0623. The van der Waals surface area contributed by atoms with Gasteiger partial charge in [0.2, 0.25) is 0 Å². The summed E-state index contributed by atoms with van der Waals surface area (Å²) in [6, 6.07) is 0. The van der Waals surface area contributed by atoms with Gasteiger partial charge in [-0.15, -0.1) is 0 Å². The Morgan fingerprint density at radius 2 is 1.69 bits per heavy atom. The maximum Gasteiger partial charge on any atom is 0.416 e. The standard InChI is InChI=1S/C21H32F3N3O2/c1-20(2,3)29-19(28)27-12-10-25(11-13-27)15-16-6-7-17(21(22,23)24)14-18(16)26-8-4-5-9-26/h7,14,16H,4-6,8-13,15H2,1-3H3. The molecule has 0 bridgehead atoms. The predicted octanol–water partition coefficient (Wildman–Crippen LogP) is 4.03. The summed E-state index contributed by atoms with van der Waals surface area (Å²) >= 11 is 0. The van der Waals surface area contributed by atoms with Crippen molar-refractivity contribution in [1.29, 1.82) is 0 Å². The van der Waals surface area contributed by atoms with Crippen molar-refractivity contribution in [2.45, 2.75) is 51.8 Å². The number of piperazine rings is 1.